The summed E-state index contributed by atoms with van der Waals surface area (Å²) in [7, 11) is 3.23. The molecule has 2 N–H and O–H groups in total. The number of carbonyl (C=O) groups is 1. The van der Waals surface area contributed by atoms with Crippen molar-refractivity contribution in [3.8, 4) is 11.5 Å². The molecule has 0 radical (unpaired) electrons. The van der Waals surface area contributed by atoms with Gasteiger partial charge in [-0.3, -0.25) is 4.79 Å². The third-order valence-electron chi connectivity index (χ3n) is 3.77. The molecule has 0 saturated carbocycles. The number of carbonyl (C=O) groups excluding carboxylic acids is 1. The Kier molecular flexibility index (Phi) is 7.20. The molecule has 0 fully saturated rings. The predicted octanol–water partition coefficient (Wildman–Crippen LogP) is 2.60. The van der Waals surface area contributed by atoms with Crippen molar-refractivity contribution in [3.05, 3.63) is 41.2 Å². The lowest BCUT2D eigenvalue weighted by atomic mass is 10.1. The fourth-order valence-electron chi connectivity index (χ4n) is 2.45. The second-order valence-corrected chi connectivity index (χ2v) is 5.84. The molecule has 0 atom stereocenters. The van der Waals surface area contributed by atoms with Gasteiger partial charge >= 0.3 is 0 Å². The van der Waals surface area contributed by atoms with Crippen molar-refractivity contribution in [2.45, 2.75) is 26.7 Å². The number of hydrogen-bond donors (Lipinski definition) is 2. The molecular weight excluding hydrogens is 332 g/mol. The molecule has 0 aliphatic heterocycles. The van der Waals surface area contributed by atoms with Crippen LogP contribution >= 0.6 is 0 Å². The van der Waals surface area contributed by atoms with Crippen LogP contribution in [0.4, 0.5) is 5.95 Å². The molecule has 0 spiro atoms. The van der Waals surface area contributed by atoms with Crippen LogP contribution in [0.1, 0.15) is 35.1 Å². The molecule has 1 amide bonds. The number of amides is 1. The van der Waals surface area contributed by atoms with Gasteiger partial charge < -0.3 is 20.1 Å². The SMILES string of the molecule is CCCNC(=O)c1cc(C)nc(NCCc2ccc(OC)c(OC)c2)n1. The fraction of sp³-hybridized carbons (Fsp3) is 0.421. The van der Waals surface area contributed by atoms with E-state index >= 15 is 0 Å². The molecule has 0 bridgehead atoms. The number of anilines is 1. The molecule has 7 heteroatoms. The maximum Gasteiger partial charge on any atom is 0.270 e. The molecule has 140 valence electrons. The van der Waals surface area contributed by atoms with Gasteiger partial charge in [-0.05, 0) is 43.5 Å². The summed E-state index contributed by atoms with van der Waals surface area (Å²) in [6.07, 6.45) is 1.64. The molecule has 7 nitrogen and oxygen atoms in total. The topological polar surface area (TPSA) is 85.4 Å². The van der Waals surface area contributed by atoms with E-state index in [4.69, 9.17) is 9.47 Å². The first kappa shape index (κ1) is 19.5. The van der Waals surface area contributed by atoms with Crippen molar-refractivity contribution in [1.29, 1.82) is 0 Å². The lowest BCUT2D eigenvalue weighted by Gasteiger charge is -2.11. The van der Waals surface area contributed by atoms with Gasteiger partial charge in [0.25, 0.3) is 5.91 Å². The van der Waals surface area contributed by atoms with E-state index in [1.54, 1.807) is 20.3 Å². The highest BCUT2D eigenvalue weighted by molar-refractivity contribution is 5.92. The van der Waals surface area contributed by atoms with Crippen LogP contribution in [0.3, 0.4) is 0 Å². The summed E-state index contributed by atoms with van der Waals surface area (Å²) < 4.78 is 10.6. The van der Waals surface area contributed by atoms with E-state index < -0.39 is 0 Å². The molecule has 0 unspecified atom stereocenters. The molecule has 2 aromatic rings. The van der Waals surface area contributed by atoms with E-state index in [-0.39, 0.29) is 5.91 Å². The third-order valence-corrected chi connectivity index (χ3v) is 3.77. The highest BCUT2D eigenvalue weighted by Crippen LogP contribution is 2.27. The Morgan fingerprint density at radius 2 is 1.85 bits per heavy atom. The molecule has 26 heavy (non-hydrogen) atoms. The van der Waals surface area contributed by atoms with Crippen LogP contribution in [0.2, 0.25) is 0 Å². The largest absolute Gasteiger partial charge is 0.493 e. The first-order chi connectivity index (χ1) is 12.6. The van der Waals surface area contributed by atoms with Crippen molar-refractivity contribution < 1.29 is 14.3 Å². The molecular formula is C19H26N4O3. The predicted molar refractivity (Wildman–Crippen MR) is 101 cm³/mol. The van der Waals surface area contributed by atoms with Crippen LogP contribution in [-0.2, 0) is 6.42 Å². The quantitative estimate of drug-likeness (QED) is 0.717. The number of nitrogens with one attached hydrogen (secondary N) is 2. The second kappa shape index (κ2) is 9.60. The standard InChI is InChI=1S/C19H26N4O3/c1-5-9-20-18(24)15-11-13(2)22-19(23-15)21-10-8-14-6-7-16(25-3)17(12-14)26-4/h6-7,11-12H,5,8-10H2,1-4H3,(H,20,24)(H,21,22,23). The minimum atomic E-state index is -0.180. The number of benzene rings is 1. The minimum Gasteiger partial charge on any atom is -0.493 e. The zero-order valence-electron chi connectivity index (χ0n) is 15.8. The third kappa shape index (κ3) is 5.34. The van der Waals surface area contributed by atoms with Gasteiger partial charge in [-0.15, -0.1) is 0 Å². The van der Waals surface area contributed by atoms with E-state index in [2.05, 4.69) is 20.6 Å². The molecule has 1 aromatic heterocycles. The van der Waals surface area contributed by atoms with Gasteiger partial charge in [0, 0.05) is 18.8 Å². The van der Waals surface area contributed by atoms with Crippen LogP contribution in [0.5, 0.6) is 11.5 Å². The van der Waals surface area contributed by atoms with Gasteiger partial charge in [-0.2, -0.15) is 0 Å². The van der Waals surface area contributed by atoms with Crippen LogP contribution < -0.4 is 20.1 Å². The van der Waals surface area contributed by atoms with Gasteiger partial charge in [-0.1, -0.05) is 13.0 Å². The Hall–Kier alpha value is -2.83. The minimum absolute atomic E-state index is 0.180. The van der Waals surface area contributed by atoms with Crippen molar-refractivity contribution in [2.24, 2.45) is 0 Å². The van der Waals surface area contributed by atoms with Crippen LogP contribution in [0.25, 0.3) is 0 Å². The second-order valence-electron chi connectivity index (χ2n) is 5.84. The first-order valence-corrected chi connectivity index (χ1v) is 8.66. The molecule has 0 aliphatic rings. The lowest BCUT2D eigenvalue weighted by molar-refractivity contribution is 0.0948. The van der Waals surface area contributed by atoms with Crippen LogP contribution in [0.15, 0.2) is 24.3 Å². The highest BCUT2D eigenvalue weighted by atomic mass is 16.5. The van der Waals surface area contributed by atoms with Gasteiger partial charge in [-0.25, -0.2) is 9.97 Å². The molecule has 1 heterocycles. The molecule has 2 rings (SSSR count). The zero-order valence-corrected chi connectivity index (χ0v) is 15.8. The number of nitrogens with zero attached hydrogens (tertiary/aromatic N) is 2. The number of hydrogen-bond acceptors (Lipinski definition) is 6. The van der Waals surface area contributed by atoms with Crippen molar-refractivity contribution in [2.75, 3.05) is 32.6 Å². The van der Waals surface area contributed by atoms with E-state index in [1.807, 2.05) is 32.0 Å². The Labute approximate surface area is 154 Å². The summed E-state index contributed by atoms with van der Waals surface area (Å²) in [5, 5.41) is 6.00. The smallest absolute Gasteiger partial charge is 0.270 e. The van der Waals surface area contributed by atoms with E-state index in [9.17, 15) is 4.79 Å². The van der Waals surface area contributed by atoms with Crippen molar-refractivity contribution in [1.82, 2.24) is 15.3 Å². The summed E-state index contributed by atoms with van der Waals surface area (Å²) in [5.74, 6) is 1.67. The lowest BCUT2D eigenvalue weighted by Crippen LogP contribution is -2.25. The summed E-state index contributed by atoms with van der Waals surface area (Å²) in [6.45, 7) is 5.11. The summed E-state index contributed by atoms with van der Waals surface area (Å²) in [4.78, 5) is 20.7. The number of ether oxygens (including phenoxy) is 2. The Bertz CT molecular complexity index is 750. The van der Waals surface area contributed by atoms with Crippen molar-refractivity contribution in [3.63, 3.8) is 0 Å². The summed E-state index contributed by atoms with van der Waals surface area (Å²) in [6, 6.07) is 7.50. The maximum absolute atomic E-state index is 12.1. The molecule has 0 saturated heterocycles. The number of aromatic nitrogens is 2. The Balaban J connectivity index is 1.99. The average molecular weight is 358 g/mol. The number of rotatable bonds is 9. The Morgan fingerprint density at radius 3 is 2.54 bits per heavy atom. The maximum atomic E-state index is 12.1. The van der Waals surface area contributed by atoms with Gasteiger partial charge in [0.1, 0.15) is 5.69 Å². The highest BCUT2D eigenvalue weighted by Gasteiger charge is 2.10. The van der Waals surface area contributed by atoms with Gasteiger partial charge in [0.15, 0.2) is 11.5 Å². The fourth-order valence-corrected chi connectivity index (χ4v) is 2.45. The first-order valence-electron chi connectivity index (χ1n) is 8.66. The molecule has 1 aromatic carbocycles. The van der Waals surface area contributed by atoms with Gasteiger partial charge in [0.05, 0.1) is 14.2 Å². The number of aryl methyl sites for hydroxylation is 1. The molecule has 0 aliphatic carbocycles. The van der Waals surface area contributed by atoms with E-state index in [1.165, 1.54) is 0 Å². The van der Waals surface area contributed by atoms with Crippen LogP contribution in [0, 0.1) is 6.92 Å². The average Bonchev–Trinajstić information content (AvgIpc) is 2.65. The van der Waals surface area contributed by atoms with E-state index in [0.717, 1.165) is 24.1 Å². The normalized spacial score (nSPS) is 10.3. The zero-order chi connectivity index (χ0) is 18.9. The van der Waals surface area contributed by atoms with Gasteiger partial charge in [0.2, 0.25) is 5.95 Å². The van der Waals surface area contributed by atoms with Crippen LogP contribution in [-0.4, -0.2) is 43.2 Å². The van der Waals surface area contributed by atoms with E-state index in [0.29, 0.717) is 36.2 Å². The summed E-state index contributed by atoms with van der Waals surface area (Å²) in [5.41, 5.74) is 2.22. The Morgan fingerprint density at radius 1 is 1.08 bits per heavy atom. The number of methoxy groups -OCH3 is 2. The monoisotopic (exact) mass is 358 g/mol. The summed E-state index contributed by atoms with van der Waals surface area (Å²) >= 11 is 0. The van der Waals surface area contributed by atoms with Crippen molar-refractivity contribution >= 4 is 11.9 Å².